The number of carbonyl (C=O) groups is 1. The van der Waals surface area contributed by atoms with Crippen LogP contribution in [0.4, 0.5) is 14.6 Å². The third kappa shape index (κ3) is 1.95. The summed E-state index contributed by atoms with van der Waals surface area (Å²) in [6, 6.07) is 0. The molecule has 0 saturated heterocycles. The number of methoxy groups -OCH3 is 1. The van der Waals surface area contributed by atoms with E-state index in [2.05, 4.69) is 9.72 Å². The minimum Gasteiger partial charge on any atom is -0.465 e. The largest absolute Gasteiger partial charge is 0.465 e. The number of esters is 1. The fourth-order valence-corrected chi connectivity index (χ4v) is 1.04. The molecule has 0 aliphatic carbocycles. The summed E-state index contributed by atoms with van der Waals surface area (Å²) in [5, 5.41) is 0. The summed E-state index contributed by atoms with van der Waals surface area (Å²) in [6.07, 6.45) is -2.10. The van der Waals surface area contributed by atoms with Gasteiger partial charge in [0.1, 0.15) is 16.9 Å². The zero-order chi connectivity index (χ0) is 11.6. The Labute approximate surface area is 82.9 Å². The summed E-state index contributed by atoms with van der Waals surface area (Å²) in [5.41, 5.74) is 2.61. The Kier molecular flexibility index (Phi) is 3.03. The highest BCUT2D eigenvalue weighted by atomic mass is 19.3. The van der Waals surface area contributed by atoms with Crippen molar-refractivity contribution < 1.29 is 18.3 Å². The fourth-order valence-electron chi connectivity index (χ4n) is 1.04. The molecular weight excluding hydrogens is 210 g/mol. The number of anilines is 1. The van der Waals surface area contributed by atoms with Gasteiger partial charge in [-0.1, -0.05) is 0 Å². The van der Waals surface area contributed by atoms with Crippen LogP contribution in [0.3, 0.4) is 0 Å². The summed E-state index contributed by atoms with van der Waals surface area (Å²) in [7, 11) is 1.04. The molecule has 82 valence electrons. The molecule has 1 aromatic heterocycles. The number of nitrogens with one attached hydrogen (secondary N) is 1. The average molecular weight is 218 g/mol. The topological polar surface area (TPSA) is 85.2 Å². The monoisotopic (exact) mass is 218 g/mol. The van der Waals surface area contributed by atoms with E-state index in [4.69, 9.17) is 5.73 Å². The van der Waals surface area contributed by atoms with E-state index in [1.165, 1.54) is 0 Å². The number of H-pyrrole nitrogens is 1. The molecule has 0 aliphatic rings. The molecule has 0 unspecified atom stereocenters. The number of nitrogen functional groups attached to an aromatic ring is 1. The molecule has 1 aromatic rings. The second-order valence-corrected chi connectivity index (χ2v) is 2.65. The van der Waals surface area contributed by atoms with Gasteiger partial charge in [-0.25, -0.2) is 13.6 Å². The predicted molar refractivity (Wildman–Crippen MR) is 47.8 cm³/mol. The number of nitrogens with two attached hydrogens (primary N) is 1. The quantitative estimate of drug-likeness (QED) is 0.715. The van der Waals surface area contributed by atoms with Gasteiger partial charge in [0.25, 0.3) is 6.43 Å². The number of ether oxygens (including phenoxy) is 1. The first-order chi connectivity index (χ1) is 6.99. The maximum absolute atomic E-state index is 12.4. The van der Waals surface area contributed by atoms with E-state index in [-0.39, 0.29) is 0 Å². The Morgan fingerprint density at radius 3 is 2.67 bits per heavy atom. The first kappa shape index (κ1) is 11.2. The van der Waals surface area contributed by atoms with Gasteiger partial charge in [0.15, 0.2) is 0 Å². The van der Waals surface area contributed by atoms with Crippen molar-refractivity contribution >= 4 is 11.8 Å². The molecular formula is C8H8F2N2O3. The van der Waals surface area contributed by atoms with Crippen LogP contribution in [-0.2, 0) is 4.74 Å². The number of pyridine rings is 1. The van der Waals surface area contributed by atoms with Gasteiger partial charge in [-0.3, -0.25) is 4.79 Å². The molecule has 0 aliphatic heterocycles. The van der Waals surface area contributed by atoms with E-state index in [1.54, 1.807) is 0 Å². The molecule has 0 radical (unpaired) electrons. The molecule has 0 atom stereocenters. The Morgan fingerprint density at radius 1 is 1.60 bits per heavy atom. The van der Waals surface area contributed by atoms with E-state index in [0.29, 0.717) is 0 Å². The second-order valence-electron chi connectivity index (χ2n) is 2.65. The van der Waals surface area contributed by atoms with Crippen LogP contribution in [0.1, 0.15) is 22.3 Å². The number of aromatic amines is 1. The van der Waals surface area contributed by atoms with E-state index < -0.39 is 34.8 Å². The standard InChI is InChI=1S/C8H8F2N2O3/c1-15-8(14)3-2-12-7(11)4(5(3)13)6(9)10/h2,6H,1H3,(H3,11,12,13). The lowest BCUT2D eigenvalue weighted by molar-refractivity contribution is 0.0598. The summed E-state index contributed by atoms with van der Waals surface area (Å²) in [6.45, 7) is 0. The van der Waals surface area contributed by atoms with Crippen molar-refractivity contribution in [3.63, 3.8) is 0 Å². The molecule has 3 N–H and O–H groups in total. The Morgan fingerprint density at radius 2 is 2.20 bits per heavy atom. The van der Waals surface area contributed by atoms with E-state index in [1.807, 2.05) is 0 Å². The van der Waals surface area contributed by atoms with Crippen molar-refractivity contribution in [3.05, 3.63) is 27.5 Å². The lowest BCUT2D eigenvalue weighted by Gasteiger charge is -2.05. The van der Waals surface area contributed by atoms with Crippen molar-refractivity contribution in [2.75, 3.05) is 12.8 Å². The van der Waals surface area contributed by atoms with Crippen molar-refractivity contribution in [1.29, 1.82) is 0 Å². The van der Waals surface area contributed by atoms with Gasteiger partial charge in [-0.05, 0) is 0 Å². The van der Waals surface area contributed by atoms with Gasteiger partial charge in [-0.15, -0.1) is 0 Å². The SMILES string of the molecule is COC(=O)c1c[nH]c(N)c(C(F)F)c1=O. The molecule has 15 heavy (non-hydrogen) atoms. The van der Waals surface area contributed by atoms with E-state index in [9.17, 15) is 18.4 Å². The highest BCUT2D eigenvalue weighted by molar-refractivity contribution is 5.89. The van der Waals surface area contributed by atoms with E-state index in [0.717, 1.165) is 13.3 Å². The third-order valence-corrected chi connectivity index (χ3v) is 1.77. The van der Waals surface area contributed by atoms with Crippen molar-refractivity contribution in [1.82, 2.24) is 4.98 Å². The number of rotatable bonds is 2. The van der Waals surface area contributed by atoms with Crippen LogP contribution in [0.25, 0.3) is 0 Å². The number of carbonyl (C=O) groups excluding carboxylic acids is 1. The van der Waals surface area contributed by atoms with Crippen LogP contribution < -0.4 is 11.2 Å². The fraction of sp³-hybridized carbons (Fsp3) is 0.250. The highest BCUT2D eigenvalue weighted by Gasteiger charge is 2.22. The number of aromatic nitrogens is 1. The zero-order valence-electron chi connectivity index (χ0n) is 7.71. The predicted octanol–water partition coefficient (Wildman–Crippen LogP) is 0.681. The number of hydrogen-bond acceptors (Lipinski definition) is 4. The minimum absolute atomic E-state index is 0.456. The van der Waals surface area contributed by atoms with Gasteiger partial charge in [0.2, 0.25) is 5.43 Å². The van der Waals surface area contributed by atoms with Gasteiger partial charge in [0, 0.05) is 6.20 Å². The van der Waals surface area contributed by atoms with Gasteiger partial charge in [0.05, 0.1) is 7.11 Å². The molecule has 0 bridgehead atoms. The summed E-state index contributed by atoms with van der Waals surface area (Å²) in [5.74, 6) is -1.44. The van der Waals surface area contributed by atoms with Crippen LogP contribution in [0.5, 0.6) is 0 Å². The first-order valence-electron chi connectivity index (χ1n) is 3.86. The Balaban J connectivity index is 3.42. The molecule has 0 spiro atoms. The van der Waals surface area contributed by atoms with Crippen LogP contribution in [0, 0.1) is 0 Å². The maximum Gasteiger partial charge on any atom is 0.343 e. The molecule has 0 saturated carbocycles. The van der Waals surface area contributed by atoms with Gasteiger partial charge in [-0.2, -0.15) is 0 Å². The van der Waals surface area contributed by atoms with Gasteiger partial charge < -0.3 is 15.5 Å². The minimum atomic E-state index is -3.04. The van der Waals surface area contributed by atoms with Crippen molar-refractivity contribution in [2.45, 2.75) is 6.43 Å². The molecule has 1 heterocycles. The Bertz CT molecular complexity index is 442. The highest BCUT2D eigenvalue weighted by Crippen LogP contribution is 2.19. The van der Waals surface area contributed by atoms with Crippen LogP contribution >= 0.6 is 0 Å². The molecule has 0 fully saturated rings. The van der Waals surface area contributed by atoms with Crippen LogP contribution in [0.2, 0.25) is 0 Å². The number of hydrogen-bond donors (Lipinski definition) is 2. The maximum atomic E-state index is 12.4. The average Bonchev–Trinajstić information content (AvgIpc) is 2.16. The molecule has 7 heteroatoms. The Hall–Kier alpha value is -1.92. The lowest BCUT2D eigenvalue weighted by Crippen LogP contribution is -2.22. The summed E-state index contributed by atoms with van der Waals surface area (Å²) < 4.78 is 29.0. The lowest BCUT2D eigenvalue weighted by atomic mass is 10.2. The first-order valence-corrected chi connectivity index (χ1v) is 3.86. The van der Waals surface area contributed by atoms with Gasteiger partial charge >= 0.3 is 5.97 Å². The number of alkyl halides is 2. The van der Waals surface area contributed by atoms with Crippen LogP contribution in [-0.4, -0.2) is 18.1 Å². The zero-order valence-corrected chi connectivity index (χ0v) is 7.71. The second kappa shape index (κ2) is 4.07. The smallest absolute Gasteiger partial charge is 0.343 e. The molecule has 1 rings (SSSR count). The van der Waals surface area contributed by atoms with Crippen molar-refractivity contribution in [3.8, 4) is 0 Å². The van der Waals surface area contributed by atoms with Crippen molar-refractivity contribution in [2.24, 2.45) is 0 Å². The number of halogens is 2. The summed E-state index contributed by atoms with van der Waals surface area (Å²) >= 11 is 0. The summed E-state index contributed by atoms with van der Waals surface area (Å²) in [4.78, 5) is 24.5. The van der Waals surface area contributed by atoms with Crippen LogP contribution in [0.15, 0.2) is 11.0 Å². The molecule has 0 aromatic carbocycles. The molecule has 0 amide bonds. The normalized spacial score (nSPS) is 10.4. The third-order valence-electron chi connectivity index (χ3n) is 1.77. The van der Waals surface area contributed by atoms with E-state index >= 15 is 0 Å². The molecule has 5 nitrogen and oxygen atoms in total.